The van der Waals surface area contributed by atoms with Crippen LogP contribution in [0.2, 0.25) is 0 Å². The van der Waals surface area contributed by atoms with Gasteiger partial charge in [-0.3, -0.25) is 14.4 Å². The smallest absolute Gasteiger partial charge is 0.326 e. The summed E-state index contributed by atoms with van der Waals surface area (Å²) in [6, 6.07) is -2.98. The van der Waals surface area contributed by atoms with Gasteiger partial charge in [-0.25, -0.2) is 4.79 Å². The third-order valence-corrected chi connectivity index (χ3v) is 4.39. The summed E-state index contributed by atoms with van der Waals surface area (Å²) < 4.78 is 0. The first-order chi connectivity index (χ1) is 12.6. The highest BCUT2D eigenvalue weighted by Gasteiger charge is 2.30. The molecule has 0 fully saturated rings. The molecule has 9 N–H and O–H groups in total. The van der Waals surface area contributed by atoms with Crippen molar-refractivity contribution in [1.82, 2.24) is 10.6 Å². The summed E-state index contributed by atoms with van der Waals surface area (Å²) in [6.45, 7) is 4.12. The molecule has 156 valence electrons. The molecule has 0 rings (SSSR count). The van der Waals surface area contributed by atoms with Crippen molar-refractivity contribution in [2.45, 2.75) is 70.5 Å². The fourth-order valence-electron chi connectivity index (χ4n) is 2.41. The van der Waals surface area contributed by atoms with Crippen LogP contribution in [0.4, 0.5) is 0 Å². The van der Waals surface area contributed by atoms with Crippen LogP contribution in [0.25, 0.3) is 0 Å². The molecule has 0 aromatic heterocycles. The van der Waals surface area contributed by atoms with E-state index in [9.17, 15) is 24.3 Å². The first kappa shape index (κ1) is 24.8. The summed E-state index contributed by atoms with van der Waals surface area (Å²) in [5.41, 5.74) is 16.3. The second-order valence-corrected chi connectivity index (χ2v) is 6.67. The van der Waals surface area contributed by atoms with Crippen LogP contribution in [0.5, 0.6) is 0 Å². The minimum Gasteiger partial charge on any atom is -0.480 e. The fraction of sp³-hybridized carbons (Fsp3) is 0.765. The molecule has 10 nitrogen and oxygen atoms in total. The van der Waals surface area contributed by atoms with E-state index in [0.717, 1.165) is 6.42 Å². The summed E-state index contributed by atoms with van der Waals surface area (Å²) in [5, 5.41) is 14.2. The second-order valence-electron chi connectivity index (χ2n) is 6.67. The van der Waals surface area contributed by atoms with E-state index in [1.807, 2.05) is 6.92 Å². The molecule has 0 bridgehead atoms. The van der Waals surface area contributed by atoms with E-state index in [4.69, 9.17) is 17.2 Å². The Kier molecular flexibility index (Phi) is 12.0. The van der Waals surface area contributed by atoms with Gasteiger partial charge in [-0.1, -0.05) is 26.7 Å². The monoisotopic (exact) mass is 387 g/mol. The lowest BCUT2D eigenvalue weighted by molar-refractivity contribution is -0.142. The van der Waals surface area contributed by atoms with Crippen molar-refractivity contribution in [2.75, 3.05) is 6.54 Å². The number of carbonyl (C=O) groups is 4. The molecule has 0 aromatic rings. The van der Waals surface area contributed by atoms with Gasteiger partial charge >= 0.3 is 5.97 Å². The normalized spacial score (nSPS) is 15.3. The summed E-state index contributed by atoms with van der Waals surface area (Å²) in [4.78, 5) is 47.0. The number of primary amides is 1. The molecule has 0 saturated carbocycles. The average Bonchev–Trinajstić information content (AvgIpc) is 2.61. The van der Waals surface area contributed by atoms with Gasteiger partial charge in [0, 0.05) is 6.42 Å². The number of carboxylic acid groups (broad SMARTS) is 1. The first-order valence-electron chi connectivity index (χ1n) is 9.21. The zero-order valence-electron chi connectivity index (χ0n) is 16.1. The summed E-state index contributed by atoms with van der Waals surface area (Å²) in [7, 11) is 0. The van der Waals surface area contributed by atoms with Gasteiger partial charge in [-0.15, -0.1) is 0 Å². The van der Waals surface area contributed by atoms with Gasteiger partial charge < -0.3 is 32.9 Å². The van der Waals surface area contributed by atoms with E-state index in [1.54, 1.807) is 6.92 Å². The highest BCUT2D eigenvalue weighted by atomic mass is 16.4. The van der Waals surface area contributed by atoms with E-state index in [2.05, 4.69) is 10.6 Å². The van der Waals surface area contributed by atoms with Gasteiger partial charge in [-0.05, 0) is 31.7 Å². The van der Waals surface area contributed by atoms with E-state index >= 15 is 0 Å². The fourth-order valence-corrected chi connectivity index (χ4v) is 2.41. The predicted octanol–water partition coefficient (Wildman–Crippen LogP) is -1.19. The standard InChI is InChI=1S/C17H33N5O5/c1-3-10(2)14(22-15(24)11(19)6-4-5-9-18)16(25)21-12(17(26)27)7-8-13(20)23/h10-12,14H,3-9,18-19H2,1-2H3,(H2,20,23)(H,21,25)(H,22,24)(H,26,27). The van der Waals surface area contributed by atoms with Crippen LogP contribution in [0.15, 0.2) is 0 Å². The van der Waals surface area contributed by atoms with Crippen molar-refractivity contribution in [3.63, 3.8) is 0 Å². The summed E-state index contributed by atoms with van der Waals surface area (Å²) in [6.07, 6.45) is 2.16. The third-order valence-electron chi connectivity index (χ3n) is 4.39. The van der Waals surface area contributed by atoms with Crippen molar-refractivity contribution in [2.24, 2.45) is 23.1 Å². The zero-order valence-corrected chi connectivity index (χ0v) is 16.1. The number of aliphatic carboxylic acids is 1. The molecule has 0 heterocycles. The lowest BCUT2D eigenvalue weighted by atomic mass is 9.97. The van der Waals surface area contributed by atoms with Gasteiger partial charge in [0.25, 0.3) is 0 Å². The Morgan fingerprint density at radius 3 is 2.15 bits per heavy atom. The number of rotatable bonds is 14. The van der Waals surface area contributed by atoms with Crippen LogP contribution >= 0.6 is 0 Å². The van der Waals surface area contributed by atoms with E-state index in [-0.39, 0.29) is 18.8 Å². The molecule has 0 aliphatic heterocycles. The van der Waals surface area contributed by atoms with E-state index in [1.165, 1.54) is 0 Å². The number of carbonyl (C=O) groups excluding carboxylic acids is 3. The molecule has 0 aromatic carbocycles. The average molecular weight is 387 g/mol. The second kappa shape index (κ2) is 13.0. The van der Waals surface area contributed by atoms with Gasteiger partial charge in [0.15, 0.2) is 0 Å². The number of unbranched alkanes of at least 4 members (excludes halogenated alkanes) is 1. The highest BCUT2D eigenvalue weighted by Crippen LogP contribution is 2.10. The van der Waals surface area contributed by atoms with Crippen molar-refractivity contribution >= 4 is 23.7 Å². The Morgan fingerprint density at radius 1 is 1.04 bits per heavy atom. The maximum Gasteiger partial charge on any atom is 0.326 e. The molecular weight excluding hydrogens is 354 g/mol. The zero-order chi connectivity index (χ0) is 21.0. The molecule has 4 unspecified atom stereocenters. The van der Waals surface area contributed by atoms with Crippen molar-refractivity contribution in [3.05, 3.63) is 0 Å². The number of nitrogens with two attached hydrogens (primary N) is 3. The van der Waals surface area contributed by atoms with Crippen LogP contribution in [0.3, 0.4) is 0 Å². The van der Waals surface area contributed by atoms with Crippen LogP contribution < -0.4 is 27.8 Å². The molecule has 4 atom stereocenters. The largest absolute Gasteiger partial charge is 0.480 e. The molecular formula is C17H33N5O5. The summed E-state index contributed by atoms with van der Waals surface area (Å²) in [5.74, 6) is -3.29. The lowest BCUT2D eigenvalue weighted by Gasteiger charge is -2.26. The van der Waals surface area contributed by atoms with Gasteiger partial charge in [0.1, 0.15) is 12.1 Å². The quantitative estimate of drug-likeness (QED) is 0.202. The molecule has 3 amide bonds. The molecule has 0 spiro atoms. The number of carboxylic acids is 1. The topological polar surface area (TPSA) is 191 Å². The SMILES string of the molecule is CCC(C)C(NC(=O)C(N)CCCCN)C(=O)NC(CCC(N)=O)C(=O)O. The third kappa shape index (κ3) is 9.90. The minimum absolute atomic E-state index is 0.129. The van der Waals surface area contributed by atoms with E-state index in [0.29, 0.717) is 25.8 Å². The molecule has 10 heteroatoms. The van der Waals surface area contributed by atoms with Gasteiger partial charge in [0.05, 0.1) is 6.04 Å². The molecule has 0 saturated heterocycles. The van der Waals surface area contributed by atoms with Crippen LogP contribution in [0, 0.1) is 5.92 Å². The Morgan fingerprint density at radius 2 is 1.67 bits per heavy atom. The lowest BCUT2D eigenvalue weighted by Crippen LogP contribution is -2.56. The molecule has 0 aliphatic carbocycles. The Balaban J connectivity index is 4.99. The Hall–Kier alpha value is -2.20. The number of hydrogen-bond acceptors (Lipinski definition) is 6. The van der Waals surface area contributed by atoms with Crippen LogP contribution in [-0.2, 0) is 19.2 Å². The number of nitrogens with one attached hydrogen (secondary N) is 2. The number of hydrogen-bond donors (Lipinski definition) is 6. The summed E-state index contributed by atoms with van der Waals surface area (Å²) >= 11 is 0. The first-order valence-corrected chi connectivity index (χ1v) is 9.21. The molecule has 0 aliphatic rings. The van der Waals surface area contributed by atoms with E-state index < -0.39 is 41.8 Å². The van der Waals surface area contributed by atoms with Crippen molar-refractivity contribution in [3.8, 4) is 0 Å². The highest BCUT2D eigenvalue weighted by molar-refractivity contribution is 5.92. The van der Waals surface area contributed by atoms with Gasteiger partial charge in [0.2, 0.25) is 17.7 Å². The molecule has 27 heavy (non-hydrogen) atoms. The van der Waals surface area contributed by atoms with Crippen LogP contribution in [0.1, 0.15) is 52.4 Å². The maximum absolute atomic E-state index is 12.6. The van der Waals surface area contributed by atoms with Gasteiger partial charge in [-0.2, -0.15) is 0 Å². The number of amides is 3. The maximum atomic E-state index is 12.6. The van der Waals surface area contributed by atoms with Crippen molar-refractivity contribution in [1.29, 1.82) is 0 Å². The predicted molar refractivity (Wildman–Crippen MR) is 100 cm³/mol. The van der Waals surface area contributed by atoms with Crippen molar-refractivity contribution < 1.29 is 24.3 Å². The molecule has 0 radical (unpaired) electrons. The Labute approximate surface area is 159 Å². The van der Waals surface area contributed by atoms with Crippen LogP contribution in [-0.4, -0.2) is 53.5 Å². The Bertz CT molecular complexity index is 514. The minimum atomic E-state index is -1.28.